The lowest BCUT2D eigenvalue weighted by Gasteiger charge is -2.07. The summed E-state index contributed by atoms with van der Waals surface area (Å²) in [5.41, 5.74) is 3.43. The van der Waals surface area contributed by atoms with Gasteiger partial charge in [-0.3, -0.25) is 14.7 Å². The van der Waals surface area contributed by atoms with Gasteiger partial charge in [0.05, 0.1) is 27.7 Å². The number of amides is 1. The number of benzene rings is 1. The molecule has 170 valence electrons. The van der Waals surface area contributed by atoms with E-state index in [1.165, 1.54) is 22.1 Å². The fourth-order valence-corrected chi connectivity index (χ4v) is 5.16. The highest BCUT2D eigenvalue weighted by Crippen LogP contribution is 2.33. The van der Waals surface area contributed by atoms with Gasteiger partial charge in [0, 0.05) is 18.2 Å². The molecule has 0 saturated heterocycles. The first kappa shape index (κ1) is 21.9. The zero-order chi connectivity index (χ0) is 23.5. The molecule has 10 heteroatoms. The Balaban J connectivity index is 1.27. The number of aryl methyl sites for hydroxylation is 1. The predicted molar refractivity (Wildman–Crippen MR) is 134 cm³/mol. The van der Waals surface area contributed by atoms with Gasteiger partial charge in [-0.05, 0) is 30.5 Å². The zero-order valence-corrected chi connectivity index (χ0v) is 19.8. The lowest BCUT2D eigenvalue weighted by Crippen LogP contribution is -2.32. The van der Waals surface area contributed by atoms with Gasteiger partial charge in [-0.1, -0.05) is 36.4 Å². The molecule has 0 atom stereocenters. The van der Waals surface area contributed by atoms with Crippen LogP contribution in [0.15, 0.2) is 70.8 Å². The van der Waals surface area contributed by atoms with Crippen molar-refractivity contribution in [2.75, 3.05) is 6.54 Å². The zero-order valence-electron chi connectivity index (χ0n) is 18.2. The number of carbonyl (C=O) groups excluding carboxylic acids is 1. The summed E-state index contributed by atoms with van der Waals surface area (Å²) in [6.45, 7) is 2.42. The van der Waals surface area contributed by atoms with Crippen molar-refractivity contribution in [2.45, 2.75) is 13.5 Å². The van der Waals surface area contributed by atoms with E-state index in [1.54, 1.807) is 23.5 Å². The molecule has 2 N–H and O–H groups in total. The molecule has 34 heavy (non-hydrogen) atoms. The Bertz CT molecular complexity index is 1490. The second-order valence-corrected chi connectivity index (χ2v) is 9.43. The maximum atomic E-state index is 12.5. The number of thiazole rings is 1. The van der Waals surface area contributed by atoms with E-state index in [4.69, 9.17) is 0 Å². The van der Waals surface area contributed by atoms with E-state index in [-0.39, 0.29) is 24.6 Å². The number of carbonyl (C=O) groups is 1. The minimum absolute atomic E-state index is 0.233. The normalized spacial score (nSPS) is 11.0. The molecule has 5 rings (SSSR count). The van der Waals surface area contributed by atoms with Crippen LogP contribution in [0, 0.1) is 6.92 Å². The highest BCUT2D eigenvalue weighted by molar-refractivity contribution is 7.18. The smallest absolute Gasteiger partial charge is 0.271 e. The summed E-state index contributed by atoms with van der Waals surface area (Å²) in [5.74, 6) is -0.311. The molecular formula is C24H20N6O2S2. The molecule has 1 aromatic carbocycles. The molecule has 8 nitrogen and oxygen atoms in total. The Hall–Kier alpha value is -3.89. The minimum atomic E-state index is -0.311. The standard InChI is InChI=1S/C24H20N6O2S2/c1-15-22(34-24(26-15)16-6-3-2-4-7-16)17-9-10-21(31)30(29-17)12-11-25-23(32)19-14-18(27-28-19)20-8-5-13-33-20/h2-10,13-14H,11-12H2,1H3,(H,25,32)(H,27,28). The fourth-order valence-electron chi connectivity index (χ4n) is 3.43. The van der Waals surface area contributed by atoms with E-state index < -0.39 is 0 Å². The summed E-state index contributed by atoms with van der Waals surface area (Å²) in [6.07, 6.45) is 0. The molecule has 0 spiro atoms. The summed E-state index contributed by atoms with van der Waals surface area (Å²) in [6, 6.07) is 18.8. The third-order valence-corrected chi connectivity index (χ3v) is 7.26. The van der Waals surface area contributed by atoms with Crippen LogP contribution in [0.4, 0.5) is 0 Å². The van der Waals surface area contributed by atoms with Gasteiger partial charge in [0.2, 0.25) is 0 Å². The maximum Gasteiger partial charge on any atom is 0.271 e. The van der Waals surface area contributed by atoms with E-state index in [1.807, 2.05) is 54.8 Å². The number of aromatic amines is 1. The van der Waals surface area contributed by atoms with Crippen molar-refractivity contribution in [1.29, 1.82) is 0 Å². The van der Waals surface area contributed by atoms with Gasteiger partial charge in [-0.15, -0.1) is 22.7 Å². The quantitative estimate of drug-likeness (QED) is 0.357. The van der Waals surface area contributed by atoms with Crippen molar-refractivity contribution < 1.29 is 4.79 Å². The highest BCUT2D eigenvalue weighted by atomic mass is 32.1. The van der Waals surface area contributed by atoms with E-state index in [0.29, 0.717) is 11.4 Å². The van der Waals surface area contributed by atoms with Crippen LogP contribution in [0.1, 0.15) is 16.2 Å². The molecule has 0 unspecified atom stereocenters. The van der Waals surface area contributed by atoms with Gasteiger partial charge < -0.3 is 5.32 Å². The lowest BCUT2D eigenvalue weighted by molar-refractivity contribution is 0.0946. The van der Waals surface area contributed by atoms with Crippen LogP contribution >= 0.6 is 22.7 Å². The number of hydrogen-bond donors (Lipinski definition) is 2. The molecule has 0 aliphatic carbocycles. The van der Waals surface area contributed by atoms with Crippen molar-refractivity contribution in [1.82, 2.24) is 30.3 Å². The average molecular weight is 489 g/mol. The molecule has 0 fully saturated rings. The second kappa shape index (κ2) is 9.54. The Labute approximate surface area is 203 Å². The van der Waals surface area contributed by atoms with Crippen molar-refractivity contribution in [2.24, 2.45) is 0 Å². The van der Waals surface area contributed by atoms with Crippen LogP contribution in [0.3, 0.4) is 0 Å². The maximum absolute atomic E-state index is 12.5. The Morgan fingerprint density at radius 3 is 2.76 bits per heavy atom. The molecule has 5 aromatic rings. The number of nitrogens with zero attached hydrogens (tertiary/aromatic N) is 4. The summed E-state index contributed by atoms with van der Waals surface area (Å²) >= 11 is 3.10. The molecular weight excluding hydrogens is 468 g/mol. The number of aromatic nitrogens is 5. The molecule has 0 saturated carbocycles. The Morgan fingerprint density at radius 1 is 1.12 bits per heavy atom. The summed E-state index contributed by atoms with van der Waals surface area (Å²) < 4.78 is 1.36. The molecule has 0 bridgehead atoms. The van der Waals surface area contributed by atoms with Gasteiger partial charge in [-0.2, -0.15) is 10.2 Å². The topological polar surface area (TPSA) is 106 Å². The van der Waals surface area contributed by atoms with Crippen LogP contribution in [0.5, 0.6) is 0 Å². The van der Waals surface area contributed by atoms with Gasteiger partial charge in [0.15, 0.2) is 5.69 Å². The molecule has 0 aliphatic rings. The van der Waals surface area contributed by atoms with Gasteiger partial charge in [0.25, 0.3) is 11.5 Å². The van der Waals surface area contributed by atoms with Crippen molar-refractivity contribution in [3.63, 3.8) is 0 Å². The second-order valence-electron chi connectivity index (χ2n) is 7.48. The van der Waals surface area contributed by atoms with E-state index >= 15 is 0 Å². The highest BCUT2D eigenvalue weighted by Gasteiger charge is 2.15. The Morgan fingerprint density at radius 2 is 1.97 bits per heavy atom. The number of nitrogens with one attached hydrogen (secondary N) is 2. The van der Waals surface area contributed by atoms with E-state index in [9.17, 15) is 9.59 Å². The molecule has 4 aromatic heterocycles. The largest absolute Gasteiger partial charge is 0.349 e. The molecule has 1 amide bonds. The van der Waals surface area contributed by atoms with E-state index in [2.05, 4.69) is 25.6 Å². The summed E-state index contributed by atoms with van der Waals surface area (Å²) in [4.78, 5) is 31.4. The van der Waals surface area contributed by atoms with Crippen LogP contribution in [0.2, 0.25) is 0 Å². The summed E-state index contributed by atoms with van der Waals surface area (Å²) in [5, 5.41) is 17.2. The Kier molecular flexibility index (Phi) is 6.15. The third kappa shape index (κ3) is 4.59. The van der Waals surface area contributed by atoms with Crippen LogP contribution in [0.25, 0.3) is 31.7 Å². The van der Waals surface area contributed by atoms with Crippen LogP contribution in [-0.2, 0) is 6.54 Å². The first-order valence-electron chi connectivity index (χ1n) is 10.6. The van der Waals surface area contributed by atoms with Crippen LogP contribution in [-0.4, -0.2) is 37.4 Å². The van der Waals surface area contributed by atoms with Crippen LogP contribution < -0.4 is 10.9 Å². The monoisotopic (exact) mass is 488 g/mol. The minimum Gasteiger partial charge on any atom is -0.349 e. The van der Waals surface area contributed by atoms with Gasteiger partial charge >= 0.3 is 0 Å². The van der Waals surface area contributed by atoms with Gasteiger partial charge in [-0.25, -0.2) is 9.67 Å². The molecule has 4 heterocycles. The first-order valence-corrected chi connectivity index (χ1v) is 12.3. The first-order chi connectivity index (χ1) is 16.6. The summed E-state index contributed by atoms with van der Waals surface area (Å²) in [7, 11) is 0. The van der Waals surface area contributed by atoms with Crippen molar-refractivity contribution in [3.05, 3.63) is 87.8 Å². The van der Waals surface area contributed by atoms with Crippen molar-refractivity contribution in [3.8, 4) is 31.7 Å². The fraction of sp³-hybridized carbons (Fsp3) is 0.125. The average Bonchev–Trinajstić information content (AvgIpc) is 3.62. The van der Waals surface area contributed by atoms with Gasteiger partial charge in [0.1, 0.15) is 10.7 Å². The predicted octanol–water partition coefficient (Wildman–Crippen LogP) is 4.22. The number of thiophene rings is 1. The lowest BCUT2D eigenvalue weighted by atomic mass is 10.2. The third-order valence-electron chi connectivity index (χ3n) is 5.12. The SMILES string of the molecule is Cc1nc(-c2ccccc2)sc1-c1ccc(=O)n(CCNC(=O)c2cc(-c3cccs3)[nH]n2)n1. The molecule has 0 radical (unpaired) electrons. The van der Waals surface area contributed by atoms with Crippen molar-refractivity contribution >= 4 is 28.6 Å². The number of H-pyrrole nitrogens is 1. The number of hydrogen-bond acceptors (Lipinski definition) is 7. The van der Waals surface area contributed by atoms with E-state index in [0.717, 1.165) is 31.7 Å². The molecule has 0 aliphatic heterocycles. The number of rotatable bonds is 7.